The number of nitrogens with zero attached hydrogens (tertiary/aromatic N) is 2. The Kier molecular flexibility index (Phi) is 5.82. The summed E-state index contributed by atoms with van der Waals surface area (Å²) in [7, 11) is 0. The van der Waals surface area contributed by atoms with E-state index in [-0.39, 0.29) is 11.8 Å². The molecule has 5 nitrogen and oxygen atoms in total. The Bertz CT molecular complexity index is 600. The number of urea groups is 1. The number of benzene rings is 1. The molecule has 1 N–H and O–H groups in total. The average molecular weight is 333 g/mol. The maximum atomic E-state index is 13.3. The summed E-state index contributed by atoms with van der Waals surface area (Å²) in [4.78, 5) is 16.3. The van der Waals surface area contributed by atoms with Crippen molar-refractivity contribution in [1.29, 1.82) is 0 Å². The first-order chi connectivity index (χ1) is 11.7. The molecule has 0 aromatic heterocycles. The Hall–Kier alpha value is -1.92. The minimum atomic E-state index is -0.225. The van der Waals surface area contributed by atoms with Crippen molar-refractivity contribution in [1.82, 2.24) is 15.1 Å². The van der Waals surface area contributed by atoms with Gasteiger partial charge in [0.2, 0.25) is 0 Å². The van der Waals surface area contributed by atoms with Crippen LogP contribution in [0.1, 0.15) is 12.0 Å². The largest absolute Gasteiger partial charge is 0.379 e. The molecule has 0 saturated carbocycles. The molecular weight excluding hydrogens is 309 g/mol. The van der Waals surface area contributed by atoms with E-state index in [0.717, 1.165) is 50.4 Å². The first-order valence-corrected chi connectivity index (χ1v) is 8.50. The molecule has 1 fully saturated rings. The van der Waals surface area contributed by atoms with Gasteiger partial charge < -0.3 is 15.0 Å². The van der Waals surface area contributed by atoms with E-state index in [1.165, 1.54) is 6.07 Å². The number of ether oxygens (including phenoxy) is 1. The van der Waals surface area contributed by atoms with Crippen molar-refractivity contribution in [3.05, 3.63) is 41.7 Å². The predicted molar refractivity (Wildman–Crippen MR) is 91.2 cm³/mol. The van der Waals surface area contributed by atoms with Crippen molar-refractivity contribution in [2.45, 2.75) is 6.42 Å². The number of hydrogen-bond donors (Lipinski definition) is 1. The maximum absolute atomic E-state index is 13.3. The van der Waals surface area contributed by atoms with Gasteiger partial charge in [-0.25, -0.2) is 9.18 Å². The van der Waals surface area contributed by atoms with Gasteiger partial charge in [-0.05, 0) is 29.7 Å². The number of amides is 2. The summed E-state index contributed by atoms with van der Waals surface area (Å²) in [6, 6.07) is 6.59. The number of morpholine rings is 1. The van der Waals surface area contributed by atoms with E-state index in [0.29, 0.717) is 19.6 Å². The number of carbonyl (C=O) groups is 1. The van der Waals surface area contributed by atoms with E-state index >= 15 is 0 Å². The second-order valence-corrected chi connectivity index (χ2v) is 6.12. The van der Waals surface area contributed by atoms with E-state index < -0.39 is 0 Å². The fourth-order valence-electron chi connectivity index (χ4n) is 3.06. The second kappa shape index (κ2) is 8.26. The third kappa shape index (κ3) is 4.55. The topological polar surface area (TPSA) is 44.8 Å². The molecule has 0 aliphatic carbocycles. The fourth-order valence-corrected chi connectivity index (χ4v) is 3.06. The van der Waals surface area contributed by atoms with E-state index in [4.69, 9.17) is 4.74 Å². The molecule has 2 heterocycles. The molecule has 6 heteroatoms. The molecule has 0 unspecified atom stereocenters. The Morgan fingerprint density at radius 3 is 2.79 bits per heavy atom. The van der Waals surface area contributed by atoms with E-state index in [9.17, 15) is 9.18 Å². The lowest BCUT2D eigenvalue weighted by atomic mass is 9.99. The highest BCUT2D eigenvalue weighted by atomic mass is 19.1. The van der Waals surface area contributed by atoms with Crippen molar-refractivity contribution >= 4 is 11.6 Å². The van der Waals surface area contributed by atoms with Gasteiger partial charge in [0.15, 0.2) is 0 Å². The summed E-state index contributed by atoms with van der Waals surface area (Å²) in [6.07, 6.45) is 2.76. The number of hydrogen-bond acceptors (Lipinski definition) is 3. The molecule has 1 aromatic rings. The molecule has 1 aromatic carbocycles. The Balaban J connectivity index is 1.44. The highest BCUT2D eigenvalue weighted by Crippen LogP contribution is 2.22. The number of rotatable bonds is 4. The van der Waals surface area contributed by atoms with E-state index in [2.05, 4.69) is 10.2 Å². The second-order valence-electron chi connectivity index (χ2n) is 6.12. The highest BCUT2D eigenvalue weighted by molar-refractivity contribution is 5.76. The molecule has 0 spiro atoms. The van der Waals surface area contributed by atoms with Crippen LogP contribution in [0.5, 0.6) is 0 Å². The Morgan fingerprint density at radius 2 is 2.08 bits per heavy atom. The van der Waals surface area contributed by atoms with Crippen molar-refractivity contribution in [2.24, 2.45) is 0 Å². The first kappa shape index (κ1) is 16.9. The summed E-state index contributed by atoms with van der Waals surface area (Å²) >= 11 is 0. The lowest BCUT2D eigenvalue weighted by molar-refractivity contribution is 0.0386. The normalized spacial score (nSPS) is 19.0. The molecule has 24 heavy (non-hydrogen) atoms. The zero-order chi connectivity index (χ0) is 16.8. The number of carbonyl (C=O) groups excluding carboxylic acids is 1. The average Bonchev–Trinajstić information content (AvgIpc) is 2.63. The smallest absolute Gasteiger partial charge is 0.317 e. The van der Waals surface area contributed by atoms with Gasteiger partial charge in [0.25, 0.3) is 0 Å². The Labute approximate surface area is 142 Å². The van der Waals surface area contributed by atoms with Crippen LogP contribution in [0.15, 0.2) is 30.3 Å². The molecule has 2 aliphatic heterocycles. The van der Waals surface area contributed by atoms with E-state index in [1.54, 1.807) is 17.0 Å². The molecule has 1 saturated heterocycles. The summed E-state index contributed by atoms with van der Waals surface area (Å²) < 4.78 is 18.6. The van der Waals surface area contributed by atoms with Gasteiger partial charge in [0.05, 0.1) is 13.2 Å². The molecule has 3 rings (SSSR count). The number of halogens is 1. The minimum Gasteiger partial charge on any atom is -0.379 e. The van der Waals surface area contributed by atoms with Crippen molar-refractivity contribution < 1.29 is 13.9 Å². The number of nitrogens with one attached hydrogen (secondary N) is 1. The lowest BCUT2D eigenvalue weighted by Gasteiger charge is -2.29. The molecule has 130 valence electrons. The zero-order valence-electron chi connectivity index (χ0n) is 13.8. The van der Waals surface area contributed by atoms with Crippen molar-refractivity contribution in [2.75, 3.05) is 52.5 Å². The van der Waals surface area contributed by atoms with Gasteiger partial charge in [-0.2, -0.15) is 0 Å². The van der Waals surface area contributed by atoms with Crippen LogP contribution in [-0.2, 0) is 4.74 Å². The van der Waals surface area contributed by atoms with Crippen molar-refractivity contribution in [3.63, 3.8) is 0 Å². The molecule has 0 bridgehead atoms. The van der Waals surface area contributed by atoms with Crippen LogP contribution in [0.25, 0.3) is 5.57 Å². The van der Waals surface area contributed by atoms with Gasteiger partial charge in [-0.1, -0.05) is 18.2 Å². The highest BCUT2D eigenvalue weighted by Gasteiger charge is 2.18. The van der Waals surface area contributed by atoms with Crippen LogP contribution < -0.4 is 5.32 Å². The summed E-state index contributed by atoms with van der Waals surface area (Å²) in [6.45, 7) is 6.13. The van der Waals surface area contributed by atoms with Gasteiger partial charge in [-0.15, -0.1) is 0 Å². The fraction of sp³-hybridized carbons (Fsp3) is 0.500. The van der Waals surface area contributed by atoms with Crippen LogP contribution in [0.3, 0.4) is 0 Å². The lowest BCUT2D eigenvalue weighted by Crippen LogP contribution is -2.46. The third-order valence-corrected chi connectivity index (χ3v) is 4.50. The SMILES string of the molecule is O=C(NCCN1CCOCC1)N1CC=C(c2cccc(F)c2)CC1. The zero-order valence-corrected chi connectivity index (χ0v) is 13.8. The molecule has 0 atom stereocenters. The van der Waals surface area contributed by atoms with E-state index in [1.807, 2.05) is 12.1 Å². The molecule has 2 aliphatic rings. The van der Waals surface area contributed by atoms with Crippen LogP contribution in [0.2, 0.25) is 0 Å². The molecule has 2 amide bonds. The maximum Gasteiger partial charge on any atom is 0.317 e. The summed E-state index contributed by atoms with van der Waals surface area (Å²) in [5, 5.41) is 2.98. The third-order valence-electron chi connectivity index (χ3n) is 4.50. The summed E-state index contributed by atoms with van der Waals surface area (Å²) in [5.41, 5.74) is 2.01. The molecular formula is C18H24FN3O2. The van der Waals surface area contributed by atoms with Crippen LogP contribution >= 0.6 is 0 Å². The standard InChI is InChI=1S/C18H24FN3O2/c19-17-3-1-2-16(14-17)15-4-7-22(8-5-15)18(23)20-6-9-21-10-12-24-13-11-21/h1-4,14H,5-13H2,(H,20,23). The van der Waals surface area contributed by atoms with Crippen LogP contribution in [0, 0.1) is 5.82 Å². The minimum absolute atomic E-state index is 0.0298. The van der Waals surface area contributed by atoms with Gasteiger partial charge in [0.1, 0.15) is 5.82 Å². The van der Waals surface area contributed by atoms with Crippen molar-refractivity contribution in [3.8, 4) is 0 Å². The Morgan fingerprint density at radius 1 is 1.25 bits per heavy atom. The predicted octanol–water partition coefficient (Wildman–Crippen LogP) is 1.96. The quantitative estimate of drug-likeness (QED) is 0.916. The van der Waals surface area contributed by atoms with Gasteiger partial charge in [0, 0.05) is 39.3 Å². The van der Waals surface area contributed by atoms with Crippen LogP contribution in [-0.4, -0.2) is 68.3 Å². The summed E-state index contributed by atoms with van der Waals surface area (Å²) in [5.74, 6) is -0.225. The molecule has 0 radical (unpaired) electrons. The van der Waals surface area contributed by atoms with Gasteiger partial charge in [-0.3, -0.25) is 4.90 Å². The first-order valence-electron chi connectivity index (χ1n) is 8.50. The van der Waals surface area contributed by atoms with Crippen LogP contribution in [0.4, 0.5) is 9.18 Å². The van der Waals surface area contributed by atoms with Gasteiger partial charge >= 0.3 is 6.03 Å². The monoisotopic (exact) mass is 333 g/mol.